The van der Waals surface area contributed by atoms with E-state index in [1.165, 1.54) is 19.3 Å². The molecule has 0 bridgehead atoms. The third-order valence-corrected chi connectivity index (χ3v) is 3.03. The predicted octanol–water partition coefficient (Wildman–Crippen LogP) is 3.21. The number of carbonyl (C=O) groups is 4. The molecular weight excluding hydrogens is 370 g/mol. The Morgan fingerprint density at radius 3 is 1.68 bits per heavy atom. The minimum absolute atomic E-state index is 0.00134. The molecule has 0 rings (SSSR count). The monoisotopic (exact) mass is 401 g/mol. The highest BCUT2D eigenvalue weighted by Crippen LogP contribution is 2.20. The van der Waals surface area contributed by atoms with E-state index < -0.39 is 41.4 Å². The maximum atomic E-state index is 12.6. The van der Waals surface area contributed by atoms with Crippen LogP contribution in [0.2, 0.25) is 0 Å². The first kappa shape index (κ1) is 25.4. The fourth-order valence-corrected chi connectivity index (χ4v) is 1.94. The molecule has 28 heavy (non-hydrogen) atoms. The summed E-state index contributed by atoms with van der Waals surface area (Å²) >= 11 is 0. The number of amides is 2. The Kier molecular flexibility index (Phi) is 9.69. The number of nitrogens with zero attached hydrogens (tertiary/aromatic N) is 1. The second-order valence-electron chi connectivity index (χ2n) is 7.87. The molecule has 0 aromatic carbocycles. The summed E-state index contributed by atoms with van der Waals surface area (Å²) in [5, 5.41) is 0. The van der Waals surface area contributed by atoms with Crippen LogP contribution in [0.3, 0.4) is 0 Å². The van der Waals surface area contributed by atoms with Crippen LogP contribution in [0, 0.1) is 0 Å². The van der Waals surface area contributed by atoms with Crippen LogP contribution in [0.5, 0.6) is 0 Å². The van der Waals surface area contributed by atoms with Crippen molar-refractivity contribution in [2.75, 3.05) is 14.2 Å². The van der Waals surface area contributed by atoms with Crippen molar-refractivity contribution in [3.05, 3.63) is 12.2 Å². The molecule has 0 saturated heterocycles. The Morgan fingerprint density at radius 1 is 0.857 bits per heavy atom. The van der Waals surface area contributed by atoms with Crippen LogP contribution in [0.4, 0.5) is 9.59 Å². The van der Waals surface area contributed by atoms with Crippen LogP contribution < -0.4 is 0 Å². The number of hydrogen-bond acceptors (Lipinski definition) is 8. The van der Waals surface area contributed by atoms with E-state index in [0.717, 1.165) is 7.11 Å². The van der Waals surface area contributed by atoms with Crippen LogP contribution in [-0.4, -0.2) is 60.5 Å². The van der Waals surface area contributed by atoms with Gasteiger partial charge in [-0.3, -0.25) is 0 Å². The molecule has 0 aromatic heterocycles. The Balaban J connectivity index is 5.71. The molecule has 1 atom stereocenters. The zero-order chi connectivity index (χ0) is 22.1. The lowest BCUT2D eigenvalue weighted by atomic mass is 10.1. The van der Waals surface area contributed by atoms with Gasteiger partial charge in [0.2, 0.25) is 0 Å². The molecule has 0 radical (unpaired) electrons. The Bertz CT molecular complexity index is 570. The average Bonchev–Trinajstić information content (AvgIpc) is 2.52. The summed E-state index contributed by atoms with van der Waals surface area (Å²) in [4.78, 5) is 49.3. The van der Waals surface area contributed by atoms with Gasteiger partial charge in [-0.05, 0) is 54.4 Å². The highest BCUT2D eigenvalue weighted by molar-refractivity contribution is 5.94. The first-order chi connectivity index (χ1) is 12.7. The number of allylic oxidation sites excluding steroid dienone is 1. The van der Waals surface area contributed by atoms with Crippen molar-refractivity contribution in [1.82, 2.24) is 4.90 Å². The van der Waals surface area contributed by atoms with E-state index in [1.807, 2.05) is 0 Å². The van der Waals surface area contributed by atoms with E-state index in [-0.39, 0.29) is 12.8 Å². The van der Waals surface area contributed by atoms with E-state index in [2.05, 4.69) is 4.74 Å². The Hall–Kier alpha value is -2.58. The van der Waals surface area contributed by atoms with E-state index in [0.29, 0.717) is 4.90 Å². The lowest BCUT2D eigenvalue weighted by Gasteiger charge is -2.32. The fraction of sp³-hybridized carbons (Fsp3) is 0.684. The van der Waals surface area contributed by atoms with Gasteiger partial charge in [0.25, 0.3) is 0 Å². The molecule has 160 valence electrons. The Morgan fingerprint density at radius 2 is 1.32 bits per heavy atom. The topological polar surface area (TPSA) is 108 Å². The molecule has 0 saturated carbocycles. The van der Waals surface area contributed by atoms with Gasteiger partial charge in [-0.15, -0.1) is 0 Å². The van der Waals surface area contributed by atoms with E-state index in [1.54, 1.807) is 41.5 Å². The summed E-state index contributed by atoms with van der Waals surface area (Å²) in [6.07, 6.45) is 0.766. The Labute approximate surface area is 165 Å². The van der Waals surface area contributed by atoms with Gasteiger partial charge in [-0.2, -0.15) is 4.90 Å². The molecule has 2 amide bonds. The molecule has 0 fully saturated rings. The number of rotatable bonds is 6. The molecule has 0 aliphatic rings. The standard InChI is InChI=1S/C19H31NO8/c1-18(2,3)27-16(23)20(17(24)28-19(4,5)6)13(15(22)26-8)11-9-10-12-14(21)25-7/h10,12-13H,9,11H2,1-8H3/t13-/m0/s1. The molecule has 0 heterocycles. The number of ether oxygens (including phenoxy) is 4. The molecule has 0 aliphatic carbocycles. The second-order valence-corrected chi connectivity index (χ2v) is 7.87. The van der Waals surface area contributed by atoms with Crippen molar-refractivity contribution in [3.8, 4) is 0 Å². The third kappa shape index (κ3) is 9.94. The maximum absolute atomic E-state index is 12.6. The molecule has 9 nitrogen and oxygen atoms in total. The number of carbonyl (C=O) groups excluding carboxylic acids is 4. The minimum Gasteiger partial charge on any atom is -0.467 e. The van der Waals surface area contributed by atoms with Crippen LogP contribution in [0.15, 0.2) is 12.2 Å². The summed E-state index contributed by atoms with van der Waals surface area (Å²) in [7, 11) is 2.37. The fourth-order valence-electron chi connectivity index (χ4n) is 1.94. The number of imide groups is 1. The molecule has 9 heteroatoms. The van der Waals surface area contributed by atoms with E-state index >= 15 is 0 Å². The van der Waals surface area contributed by atoms with Crippen molar-refractivity contribution in [1.29, 1.82) is 0 Å². The lowest BCUT2D eigenvalue weighted by molar-refractivity contribution is -0.146. The molecule has 0 spiro atoms. The molecule has 0 N–H and O–H groups in total. The van der Waals surface area contributed by atoms with Gasteiger partial charge < -0.3 is 18.9 Å². The van der Waals surface area contributed by atoms with Gasteiger partial charge in [-0.1, -0.05) is 6.08 Å². The average molecular weight is 401 g/mol. The summed E-state index contributed by atoms with van der Waals surface area (Å²) in [5.41, 5.74) is -1.80. The van der Waals surface area contributed by atoms with Crippen LogP contribution in [0.1, 0.15) is 54.4 Å². The van der Waals surface area contributed by atoms with Crippen molar-refractivity contribution in [2.45, 2.75) is 71.6 Å². The van der Waals surface area contributed by atoms with Crippen molar-refractivity contribution in [2.24, 2.45) is 0 Å². The third-order valence-electron chi connectivity index (χ3n) is 3.03. The highest BCUT2D eigenvalue weighted by atomic mass is 16.6. The van der Waals surface area contributed by atoms with Crippen molar-refractivity contribution >= 4 is 24.1 Å². The van der Waals surface area contributed by atoms with Gasteiger partial charge in [0.05, 0.1) is 14.2 Å². The van der Waals surface area contributed by atoms with Crippen molar-refractivity contribution in [3.63, 3.8) is 0 Å². The first-order valence-electron chi connectivity index (χ1n) is 8.79. The first-order valence-corrected chi connectivity index (χ1v) is 8.79. The van der Waals surface area contributed by atoms with Gasteiger partial charge in [0, 0.05) is 6.08 Å². The van der Waals surface area contributed by atoms with Gasteiger partial charge in [0.15, 0.2) is 0 Å². The predicted molar refractivity (Wildman–Crippen MR) is 101 cm³/mol. The van der Waals surface area contributed by atoms with Gasteiger partial charge in [-0.25, -0.2) is 19.2 Å². The molecule has 0 unspecified atom stereocenters. The molecule has 0 aliphatic heterocycles. The van der Waals surface area contributed by atoms with Crippen LogP contribution in [-0.2, 0) is 28.5 Å². The van der Waals surface area contributed by atoms with Crippen molar-refractivity contribution < 1.29 is 38.1 Å². The highest BCUT2D eigenvalue weighted by Gasteiger charge is 2.40. The number of methoxy groups -OCH3 is 2. The second kappa shape index (κ2) is 10.7. The van der Waals surface area contributed by atoms with E-state index in [4.69, 9.17) is 14.2 Å². The largest absolute Gasteiger partial charge is 0.467 e. The van der Waals surface area contributed by atoms with Gasteiger partial charge >= 0.3 is 24.1 Å². The number of hydrogen-bond donors (Lipinski definition) is 0. The van der Waals surface area contributed by atoms with Crippen LogP contribution >= 0.6 is 0 Å². The normalized spacial score (nSPS) is 12.9. The zero-order valence-electron chi connectivity index (χ0n) is 17.9. The molecule has 0 aromatic rings. The lowest BCUT2D eigenvalue weighted by Crippen LogP contribution is -2.52. The maximum Gasteiger partial charge on any atom is 0.420 e. The zero-order valence-corrected chi connectivity index (χ0v) is 17.9. The summed E-state index contributed by atoms with van der Waals surface area (Å²) in [6, 6.07) is -1.29. The molecular formula is C19H31NO8. The number of esters is 2. The van der Waals surface area contributed by atoms with Gasteiger partial charge in [0.1, 0.15) is 17.2 Å². The summed E-state index contributed by atoms with van der Waals surface area (Å²) < 4.78 is 19.7. The van der Waals surface area contributed by atoms with Crippen LogP contribution in [0.25, 0.3) is 0 Å². The smallest absolute Gasteiger partial charge is 0.420 e. The van der Waals surface area contributed by atoms with E-state index in [9.17, 15) is 19.2 Å². The summed E-state index contributed by atoms with van der Waals surface area (Å²) in [5.74, 6) is -1.38. The SMILES string of the molecule is COC(=O)C=CCC[C@@H](C(=O)OC)N(C(=O)OC(C)(C)C)C(=O)OC(C)(C)C. The minimum atomic E-state index is -1.29. The quantitative estimate of drug-likeness (QED) is 0.379. The summed E-state index contributed by atoms with van der Waals surface area (Å²) in [6.45, 7) is 9.78.